The highest BCUT2D eigenvalue weighted by molar-refractivity contribution is 5.90. The third kappa shape index (κ3) is 4.33. The summed E-state index contributed by atoms with van der Waals surface area (Å²) in [5, 5.41) is 15.1. The number of para-hydroxylation sites is 2. The summed E-state index contributed by atoms with van der Waals surface area (Å²) in [6.45, 7) is 2.54. The van der Waals surface area contributed by atoms with E-state index in [-0.39, 0.29) is 12.3 Å². The molecular formula is C20H20N4O6. The lowest BCUT2D eigenvalue weighted by molar-refractivity contribution is -0.384. The topological polar surface area (TPSA) is 116 Å². The Kier molecular flexibility index (Phi) is 5.75. The second-order valence-corrected chi connectivity index (χ2v) is 6.70. The molecule has 0 radical (unpaired) electrons. The van der Waals surface area contributed by atoms with Gasteiger partial charge in [0.15, 0.2) is 11.5 Å². The quantitative estimate of drug-likeness (QED) is 0.452. The van der Waals surface area contributed by atoms with Crippen LogP contribution in [0.1, 0.15) is 5.56 Å². The molecule has 2 heterocycles. The third-order valence-electron chi connectivity index (χ3n) is 4.75. The summed E-state index contributed by atoms with van der Waals surface area (Å²) in [6.07, 6.45) is 0.550. The Labute approximate surface area is 172 Å². The van der Waals surface area contributed by atoms with Crippen LogP contribution in [-0.2, 0) is 9.53 Å². The molecule has 0 saturated carbocycles. The van der Waals surface area contributed by atoms with Crippen LogP contribution in [-0.4, -0.2) is 56.1 Å². The number of fused-ring (bicyclic) bond motifs is 1. The maximum absolute atomic E-state index is 12.4. The highest BCUT2D eigenvalue weighted by Crippen LogP contribution is 2.31. The number of ether oxygens (including phenoxy) is 3. The van der Waals surface area contributed by atoms with Crippen LogP contribution in [0.3, 0.4) is 0 Å². The van der Waals surface area contributed by atoms with Crippen molar-refractivity contribution in [2.24, 2.45) is 5.10 Å². The number of hydrazone groups is 1. The Balaban J connectivity index is 1.47. The number of nitrogens with zero attached hydrogens (tertiary/aromatic N) is 3. The van der Waals surface area contributed by atoms with Crippen LogP contribution < -0.4 is 19.8 Å². The Hall–Kier alpha value is -3.66. The van der Waals surface area contributed by atoms with Crippen LogP contribution in [0.15, 0.2) is 47.6 Å². The molecule has 1 atom stereocenters. The lowest BCUT2D eigenvalue weighted by Crippen LogP contribution is -2.42. The Morgan fingerprint density at radius 3 is 2.73 bits per heavy atom. The largest absolute Gasteiger partial charge is 0.485 e. The van der Waals surface area contributed by atoms with Crippen molar-refractivity contribution >= 4 is 23.5 Å². The van der Waals surface area contributed by atoms with E-state index in [0.29, 0.717) is 43.4 Å². The fourth-order valence-corrected chi connectivity index (χ4v) is 3.24. The molecule has 10 nitrogen and oxygen atoms in total. The van der Waals surface area contributed by atoms with Gasteiger partial charge in [0.1, 0.15) is 6.61 Å². The average Bonchev–Trinajstić information content (AvgIpc) is 2.79. The predicted molar refractivity (Wildman–Crippen MR) is 108 cm³/mol. The smallest absolute Gasteiger partial charge is 0.284 e. The summed E-state index contributed by atoms with van der Waals surface area (Å²) >= 11 is 0. The van der Waals surface area contributed by atoms with Crippen LogP contribution in [0.2, 0.25) is 0 Å². The van der Waals surface area contributed by atoms with E-state index in [0.717, 1.165) is 5.69 Å². The summed E-state index contributed by atoms with van der Waals surface area (Å²) in [4.78, 5) is 25.1. The number of nitro groups is 1. The van der Waals surface area contributed by atoms with E-state index >= 15 is 0 Å². The zero-order valence-electron chi connectivity index (χ0n) is 16.0. The van der Waals surface area contributed by atoms with Gasteiger partial charge in [-0.05, 0) is 18.2 Å². The number of carbonyl (C=O) groups excluding carboxylic acids is 1. The van der Waals surface area contributed by atoms with Crippen molar-refractivity contribution in [2.45, 2.75) is 6.10 Å². The summed E-state index contributed by atoms with van der Waals surface area (Å²) in [5.74, 6) is 0.595. The zero-order chi connectivity index (χ0) is 20.9. The molecule has 0 spiro atoms. The molecule has 4 rings (SSSR count). The van der Waals surface area contributed by atoms with Crippen LogP contribution in [0.25, 0.3) is 0 Å². The van der Waals surface area contributed by atoms with E-state index in [4.69, 9.17) is 14.2 Å². The second kappa shape index (κ2) is 8.78. The fourth-order valence-electron chi connectivity index (χ4n) is 3.24. The molecule has 156 valence electrons. The molecule has 2 aromatic rings. The summed E-state index contributed by atoms with van der Waals surface area (Å²) < 4.78 is 16.5. The van der Waals surface area contributed by atoms with Crippen LogP contribution in [0.4, 0.5) is 11.4 Å². The monoisotopic (exact) mass is 412 g/mol. The zero-order valence-corrected chi connectivity index (χ0v) is 16.0. The first-order valence-electron chi connectivity index (χ1n) is 9.44. The van der Waals surface area contributed by atoms with E-state index in [9.17, 15) is 14.9 Å². The van der Waals surface area contributed by atoms with Crippen LogP contribution in [0, 0.1) is 10.1 Å². The van der Waals surface area contributed by atoms with Gasteiger partial charge in [0.05, 0.1) is 24.4 Å². The number of morpholine rings is 1. The Morgan fingerprint density at radius 2 is 1.97 bits per heavy atom. The predicted octanol–water partition coefficient (Wildman–Crippen LogP) is 1.72. The first-order chi connectivity index (χ1) is 14.6. The van der Waals surface area contributed by atoms with Gasteiger partial charge < -0.3 is 19.1 Å². The summed E-state index contributed by atoms with van der Waals surface area (Å²) in [5.41, 5.74) is 3.68. The van der Waals surface area contributed by atoms with Gasteiger partial charge in [-0.15, -0.1) is 0 Å². The molecule has 0 aliphatic carbocycles. The van der Waals surface area contributed by atoms with Gasteiger partial charge in [0.25, 0.3) is 11.6 Å². The highest BCUT2D eigenvalue weighted by atomic mass is 16.6. The van der Waals surface area contributed by atoms with Gasteiger partial charge >= 0.3 is 0 Å². The number of nitrogens with one attached hydrogen (secondary N) is 1. The first-order valence-corrected chi connectivity index (χ1v) is 9.44. The maximum Gasteiger partial charge on any atom is 0.284 e. The van der Waals surface area contributed by atoms with Crippen molar-refractivity contribution in [1.29, 1.82) is 0 Å². The van der Waals surface area contributed by atoms with E-state index in [1.165, 1.54) is 18.3 Å². The van der Waals surface area contributed by atoms with Crippen LogP contribution in [0.5, 0.6) is 11.5 Å². The molecule has 0 unspecified atom stereocenters. The molecule has 1 fully saturated rings. The standard InChI is InChI=1S/C20H20N4O6/c25-20(19-13-29-17-3-1-2-4-18(17)30-19)22-21-12-14-11-15(24(26)27)5-6-16(14)23-7-9-28-10-8-23/h1-6,11-12,19H,7-10,13H2,(H,22,25)/b21-12-/t19-/m0/s1. The molecule has 2 aliphatic heterocycles. The first kappa shape index (κ1) is 19.6. The number of non-ortho nitro benzene ring substituents is 1. The van der Waals surface area contributed by atoms with Crippen LogP contribution >= 0.6 is 0 Å². The second-order valence-electron chi connectivity index (χ2n) is 6.70. The minimum Gasteiger partial charge on any atom is -0.485 e. The summed E-state index contributed by atoms with van der Waals surface area (Å²) in [7, 11) is 0. The van der Waals surface area contributed by atoms with E-state index in [1.807, 2.05) is 6.07 Å². The van der Waals surface area contributed by atoms with Gasteiger partial charge in [0.2, 0.25) is 6.10 Å². The van der Waals surface area contributed by atoms with Crippen molar-refractivity contribution in [2.75, 3.05) is 37.8 Å². The van der Waals surface area contributed by atoms with E-state index < -0.39 is 16.9 Å². The molecule has 1 saturated heterocycles. The minimum absolute atomic E-state index is 0.0552. The SMILES string of the molecule is O=C(N/N=C\c1cc([N+](=O)[O-])ccc1N1CCOCC1)[C@@H]1COc2ccccc2O1. The molecule has 2 aliphatic rings. The molecule has 2 aromatic carbocycles. The minimum atomic E-state index is -0.846. The Bertz CT molecular complexity index is 974. The fraction of sp³-hybridized carbons (Fsp3) is 0.300. The number of amides is 1. The maximum atomic E-state index is 12.4. The molecule has 0 aromatic heterocycles. The van der Waals surface area contributed by atoms with Gasteiger partial charge in [0, 0.05) is 36.5 Å². The Morgan fingerprint density at radius 1 is 1.20 bits per heavy atom. The van der Waals surface area contributed by atoms with Crippen molar-refractivity contribution < 1.29 is 23.9 Å². The molecule has 10 heteroatoms. The van der Waals surface area contributed by atoms with Gasteiger partial charge in [-0.2, -0.15) is 5.10 Å². The number of rotatable bonds is 5. The van der Waals surface area contributed by atoms with Crippen molar-refractivity contribution in [1.82, 2.24) is 5.43 Å². The molecule has 1 amide bonds. The number of anilines is 1. The number of nitro benzene ring substituents is 1. The molecular weight excluding hydrogens is 392 g/mol. The van der Waals surface area contributed by atoms with Crippen molar-refractivity contribution in [3.8, 4) is 11.5 Å². The highest BCUT2D eigenvalue weighted by Gasteiger charge is 2.27. The lowest BCUT2D eigenvalue weighted by atomic mass is 10.1. The van der Waals surface area contributed by atoms with Crippen molar-refractivity contribution in [3.63, 3.8) is 0 Å². The average molecular weight is 412 g/mol. The number of benzene rings is 2. The molecule has 1 N–H and O–H groups in total. The number of hydrogen-bond acceptors (Lipinski definition) is 8. The van der Waals surface area contributed by atoms with Gasteiger partial charge in [-0.3, -0.25) is 14.9 Å². The van der Waals surface area contributed by atoms with E-state index in [1.54, 1.807) is 24.3 Å². The molecule has 0 bridgehead atoms. The number of hydrogen-bond donors (Lipinski definition) is 1. The van der Waals surface area contributed by atoms with Gasteiger partial charge in [-0.1, -0.05) is 12.1 Å². The normalized spacial score (nSPS) is 18.3. The van der Waals surface area contributed by atoms with E-state index in [2.05, 4.69) is 15.4 Å². The third-order valence-corrected chi connectivity index (χ3v) is 4.75. The van der Waals surface area contributed by atoms with Crippen molar-refractivity contribution in [3.05, 3.63) is 58.1 Å². The lowest BCUT2D eigenvalue weighted by Gasteiger charge is -2.29. The number of carbonyl (C=O) groups is 1. The van der Waals surface area contributed by atoms with Gasteiger partial charge in [-0.25, -0.2) is 5.43 Å². The molecule has 30 heavy (non-hydrogen) atoms. The summed E-state index contributed by atoms with van der Waals surface area (Å²) in [6, 6.07) is 11.6.